The van der Waals surface area contributed by atoms with Gasteiger partial charge in [-0.15, -0.1) is 0 Å². The summed E-state index contributed by atoms with van der Waals surface area (Å²) in [7, 11) is 1.70. The second kappa shape index (κ2) is 8.82. The van der Waals surface area contributed by atoms with Crippen LogP contribution in [0.4, 0.5) is 0 Å². The second-order valence-electron chi connectivity index (χ2n) is 6.39. The number of benzene rings is 2. The van der Waals surface area contributed by atoms with E-state index in [4.69, 9.17) is 11.6 Å². The average molecular weight is 358 g/mol. The molecule has 0 saturated heterocycles. The molecule has 0 aliphatic heterocycles. The molecule has 3 nitrogen and oxygen atoms in total. The van der Waals surface area contributed by atoms with Gasteiger partial charge in [0.2, 0.25) is 5.91 Å². The Morgan fingerprint density at radius 3 is 2.24 bits per heavy atom. The van der Waals surface area contributed by atoms with Gasteiger partial charge in [0.15, 0.2) is 5.78 Å². The lowest BCUT2D eigenvalue weighted by molar-refractivity contribution is -0.131. The van der Waals surface area contributed by atoms with E-state index in [1.54, 1.807) is 18.9 Å². The number of hydrogen-bond acceptors (Lipinski definition) is 2. The monoisotopic (exact) mass is 357 g/mol. The summed E-state index contributed by atoms with van der Waals surface area (Å²) < 4.78 is 0. The first-order valence-corrected chi connectivity index (χ1v) is 8.87. The second-order valence-corrected chi connectivity index (χ2v) is 6.83. The summed E-state index contributed by atoms with van der Waals surface area (Å²) in [6.45, 7) is 3.76. The normalized spacial score (nSPS) is 11.8. The summed E-state index contributed by atoms with van der Waals surface area (Å²) in [5.41, 5.74) is 2.90. The third kappa shape index (κ3) is 5.43. The molecular weight excluding hydrogens is 334 g/mol. The number of likely N-dealkylation sites (N-methyl/N-ethyl adjacent to an activating group) is 1. The highest BCUT2D eigenvalue weighted by atomic mass is 35.5. The Hall–Kier alpha value is -2.13. The van der Waals surface area contributed by atoms with Crippen molar-refractivity contribution < 1.29 is 9.59 Å². The van der Waals surface area contributed by atoms with Crippen LogP contribution in [0.5, 0.6) is 0 Å². The summed E-state index contributed by atoms with van der Waals surface area (Å²) in [5.74, 6) is -0.0459. The van der Waals surface area contributed by atoms with E-state index in [-0.39, 0.29) is 11.7 Å². The fraction of sp³-hybridized carbons (Fsp3) is 0.333. The maximum atomic E-state index is 12.5. The number of carbonyl (C=O) groups is 2. The first kappa shape index (κ1) is 19.2. The molecule has 1 unspecified atom stereocenters. The largest absolute Gasteiger partial charge is 0.336 e. The number of carbonyl (C=O) groups excluding carboxylic acids is 2. The standard InChI is InChI=1S/C21H24ClNO2/c1-15-7-11-18(12-8-15)21(25)16(2)23(3)20(24)6-4-5-17-9-13-19(22)14-10-17/h7-14,16H,4-6H2,1-3H3. The van der Waals surface area contributed by atoms with Crippen molar-refractivity contribution in [1.82, 2.24) is 4.90 Å². The molecule has 0 bridgehead atoms. The van der Waals surface area contributed by atoms with E-state index in [0.29, 0.717) is 17.0 Å². The summed E-state index contributed by atoms with van der Waals surface area (Å²) in [6.07, 6.45) is 1.98. The van der Waals surface area contributed by atoms with Crippen LogP contribution in [-0.2, 0) is 11.2 Å². The van der Waals surface area contributed by atoms with Crippen molar-refractivity contribution in [3.8, 4) is 0 Å². The number of Topliss-reactive ketones (excluding diaryl/α,β-unsaturated/α-hetero) is 1. The first-order chi connectivity index (χ1) is 11.9. The highest BCUT2D eigenvalue weighted by Crippen LogP contribution is 2.14. The van der Waals surface area contributed by atoms with E-state index in [1.807, 2.05) is 55.5 Å². The number of aryl methyl sites for hydroxylation is 2. The smallest absolute Gasteiger partial charge is 0.222 e. The van der Waals surface area contributed by atoms with E-state index >= 15 is 0 Å². The molecule has 4 heteroatoms. The summed E-state index contributed by atoms with van der Waals surface area (Å²) in [5, 5.41) is 0.711. The number of hydrogen-bond donors (Lipinski definition) is 0. The van der Waals surface area contributed by atoms with Gasteiger partial charge in [-0.1, -0.05) is 53.6 Å². The van der Waals surface area contributed by atoms with Gasteiger partial charge in [0.1, 0.15) is 0 Å². The molecule has 0 saturated carbocycles. The number of amides is 1. The molecule has 0 spiro atoms. The van der Waals surface area contributed by atoms with Gasteiger partial charge in [0.25, 0.3) is 0 Å². The third-order valence-electron chi connectivity index (χ3n) is 4.46. The predicted octanol–water partition coefficient (Wildman–Crippen LogP) is 4.70. The Morgan fingerprint density at radius 2 is 1.64 bits per heavy atom. The maximum absolute atomic E-state index is 12.5. The van der Waals surface area contributed by atoms with Crippen molar-refractivity contribution in [3.05, 3.63) is 70.2 Å². The lowest BCUT2D eigenvalue weighted by Gasteiger charge is -2.24. The van der Waals surface area contributed by atoms with Gasteiger partial charge < -0.3 is 4.90 Å². The summed E-state index contributed by atoms with van der Waals surface area (Å²) in [4.78, 5) is 26.4. The first-order valence-electron chi connectivity index (χ1n) is 8.49. The average Bonchev–Trinajstić information content (AvgIpc) is 2.62. The molecular formula is C21H24ClNO2. The van der Waals surface area contributed by atoms with Crippen molar-refractivity contribution >= 4 is 23.3 Å². The molecule has 25 heavy (non-hydrogen) atoms. The van der Waals surface area contributed by atoms with Gasteiger partial charge in [-0.2, -0.15) is 0 Å². The highest BCUT2D eigenvalue weighted by Gasteiger charge is 2.23. The topological polar surface area (TPSA) is 37.4 Å². The van der Waals surface area contributed by atoms with Crippen LogP contribution in [0.2, 0.25) is 5.02 Å². The van der Waals surface area contributed by atoms with Crippen LogP contribution < -0.4 is 0 Å². The molecule has 1 amide bonds. The van der Waals surface area contributed by atoms with Crippen LogP contribution >= 0.6 is 11.6 Å². The van der Waals surface area contributed by atoms with Gasteiger partial charge in [-0.25, -0.2) is 0 Å². The van der Waals surface area contributed by atoms with E-state index < -0.39 is 6.04 Å². The van der Waals surface area contributed by atoms with Gasteiger partial charge in [0.05, 0.1) is 6.04 Å². The van der Waals surface area contributed by atoms with Gasteiger partial charge >= 0.3 is 0 Å². The number of rotatable bonds is 7. The van der Waals surface area contributed by atoms with Crippen LogP contribution in [-0.4, -0.2) is 29.7 Å². The van der Waals surface area contributed by atoms with Gasteiger partial charge in [0, 0.05) is 24.1 Å². The zero-order valence-electron chi connectivity index (χ0n) is 15.0. The summed E-state index contributed by atoms with van der Waals surface area (Å²) >= 11 is 5.87. The number of halogens is 1. The van der Waals surface area contributed by atoms with Gasteiger partial charge in [-0.3, -0.25) is 9.59 Å². The quantitative estimate of drug-likeness (QED) is 0.673. The van der Waals surface area contributed by atoms with E-state index in [0.717, 1.165) is 24.0 Å². The van der Waals surface area contributed by atoms with Crippen molar-refractivity contribution in [2.45, 2.75) is 39.2 Å². The minimum Gasteiger partial charge on any atom is -0.336 e. The van der Waals surface area contributed by atoms with Crippen molar-refractivity contribution in [3.63, 3.8) is 0 Å². The van der Waals surface area contributed by atoms with E-state index in [9.17, 15) is 9.59 Å². The molecule has 2 aromatic carbocycles. The Balaban J connectivity index is 1.86. The van der Waals surface area contributed by atoms with Crippen LogP contribution in [0.15, 0.2) is 48.5 Å². The molecule has 2 rings (SSSR count). The Labute approximate surface area is 154 Å². The van der Waals surface area contributed by atoms with Crippen LogP contribution in [0, 0.1) is 6.92 Å². The molecule has 132 valence electrons. The lowest BCUT2D eigenvalue weighted by atomic mass is 10.0. The number of ketones is 1. The zero-order valence-corrected chi connectivity index (χ0v) is 15.7. The fourth-order valence-corrected chi connectivity index (χ4v) is 2.75. The highest BCUT2D eigenvalue weighted by molar-refractivity contribution is 6.30. The third-order valence-corrected chi connectivity index (χ3v) is 4.71. The molecule has 0 radical (unpaired) electrons. The Kier molecular flexibility index (Phi) is 6.77. The molecule has 0 heterocycles. The van der Waals surface area contributed by atoms with Crippen LogP contribution in [0.3, 0.4) is 0 Å². The lowest BCUT2D eigenvalue weighted by Crippen LogP contribution is -2.40. The molecule has 0 aliphatic rings. The minimum absolute atomic E-state index is 0.0121. The number of nitrogens with zero attached hydrogens (tertiary/aromatic N) is 1. The van der Waals surface area contributed by atoms with Crippen molar-refractivity contribution in [2.24, 2.45) is 0 Å². The Bertz CT molecular complexity index is 723. The molecule has 0 aromatic heterocycles. The van der Waals surface area contributed by atoms with E-state index in [2.05, 4.69) is 0 Å². The Morgan fingerprint density at radius 1 is 1.04 bits per heavy atom. The van der Waals surface area contributed by atoms with Gasteiger partial charge in [-0.05, 0) is 44.4 Å². The SMILES string of the molecule is Cc1ccc(C(=O)C(C)N(C)C(=O)CCCc2ccc(Cl)cc2)cc1. The maximum Gasteiger partial charge on any atom is 0.222 e. The zero-order chi connectivity index (χ0) is 18.4. The van der Waals surface area contributed by atoms with Crippen LogP contribution in [0.25, 0.3) is 0 Å². The minimum atomic E-state index is -0.467. The molecule has 0 aliphatic carbocycles. The van der Waals surface area contributed by atoms with Crippen molar-refractivity contribution in [2.75, 3.05) is 7.05 Å². The van der Waals surface area contributed by atoms with E-state index in [1.165, 1.54) is 0 Å². The predicted molar refractivity (Wildman–Crippen MR) is 102 cm³/mol. The molecule has 2 aromatic rings. The fourth-order valence-electron chi connectivity index (χ4n) is 2.62. The van der Waals surface area contributed by atoms with Crippen LogP contribution in [0.1, 0.15) is 41.3 Å². The summed E-state index contributed by atoms with van der Waals surface area (Å²) in [6, 6.07) is 14.6. The molecule has 0 N–H and O–H groups in total. The van der Waals surface area contributed by atoms with Crippen molar-refractivity contribution in [1.29, 1.82) is 0 Å². The molecule has 1 atom stereocenters. The molecule has 0 fully saturated rings.